The topological polar surface area (TPSA) is 49.5 Å². The van der Waals surface area contributed by atoms with Gasteiger partial charge in [-0.05, 0) is 56.4 Å². The third-order valence-corrected chi connectivity index (χ3v) is 5.06. The fourth-order valence-corrected chi connectivity index (χ4v) is 3.71. The zero-order chi connectivity index (χ0) is 13.3. The average Bonchev–Trinajstić information content (AvgIpc) is 2.72. The van der Waals surface area contributed by atoms with Gasteiger partial charge >= 0.3 is 0 Å². The lowest BCUT2D eigenvalue weighted by atomic mass is 9.70. The van der Waals surface area contributed by atoms with Gasteiger partial charge in [0.25, 0.3) is 0 Å². The first-order valence-electron chi connectivity index (χ1n) is 7.53. The molecule has 3 nitrogen and oxygen atoms in total. The summed E-state index contributed by atoms with van der Waals surface area (Å²) in [7, 11) is 0. The summed E-state index contributed by atoms with van der Waals surface area (Å²) in [6.07, 6.45) is 4.67. The molecular formula is C15H30N2O. The lowest BCUT2D eigenvalue weighted by Gasteiger charge is -2.40. The quantitative estimate of drug-likeness (QED) is 0.808. The summed E-state index contributed by atoms with van der Waals surface area (Å²) < 4.78 is 0. The Labute approximate surface area is 112 Å². The van der Waals surface area contributed by atoms with Crippen LogP contribution in [0.5, 0.6) is 0 Å². The number of aliphatic hydroxyl groups excluding tert-OH is 1. The summed E-state index contributed by atoms with van der Waals surface area (Å²) in [5, 5.41) is 9.66. The fraction of sp³-hybridized carbons (Fsp3) is 1.00. The molecule has 0 radical (unpaired) electrons. The van der Waals surface area contributed by atoms with Crippen LogP contribution in [0.25, 0.3) is 0 Å². The molecular weight excluding hydrogens is 224 g/mol. The highest BCUT2D eigenvalue weighted by atomic mass is 16.3. The molecule has 1 heterocycles. The Morgan fingerprint density at radius 2 is 2.11 bits per heavy atom. The van der Waals surface area contributed by atoms with Gasteiger partial charge in [0.2, 0.25) is 0 Å². The van der Waals surface area contributed by atoms with Crippen LogP contribution in [0, 0.1) is 17.3 Å². The number of rotatable bonds is 3. The van der Waals surface area contributed by atoms with E-state index < -0.39 is 0 Å². The van der Waals surface area contributed by atoms with E-state index >= 15 is 0 Å². The Morgan fingerprint density at radius 1 is 1.39 bits per heavy atom. The first-order valence-corrected chi connectivity index (χ1v) is 7.53. The maximum atomic E-state index is 9.66. The van der Waals surface area contributed by atoms with Gasteiger partial charge in [0.15, 0.2) is 0 Å². The molecule has 0 spiro atoms. The van der Waals surface area contributed by atoms with Crippen molar-refractivity contribution in [2.24, 2.45) is 23.0 Å². The number of hydrogen-bond donors (Lipinski definition) is 2. The minimum Gasteiger partial charge on any atom is -0.393 e. The predicted molar refractivity (Wildman–Crippen MR) is 75.3 cm³/mol. The smallest absolute Gasteiger partial charge is 0.0552 e. The van der Waals surface area contributed by atoms with Gasteiger partial charge in [-0.25, -0.2) is 0 Å². The molecule has 0 aromatic heterocycles. The highest BCUT2D eigenvalue weighted by Crippen LogP contribution is 2.38. The summed E-state index contributed by atoms with van der Waals surface area (Å²) >= 11 is 0. The van der Waals surface area contributed by atoms with E-state index in [0.29, 0.717) is 23.3 Å². The second kappa shape index (κ2) is 5.48. The Hall–Kier alpha value is -0.120. The van der Waals surface area contributed by atoms with Crippen LogP contribution in [0.2, 0.25) is 0 Å². The van der Waals surface area contributed by atoms with Crippen LogP contribution in [-0.2, 0) is 0 Å². The van der Waals surface area contributed by atoms with Gasteiger partial charge in [-0.2, -0.15) is 0 Å². The molecule has 2 aliphatic rings. The molecule has 1 aliphatic heterocycles. The van der Waals surface area contributed by atoms with Crippen molar-refractivity contribution >= 4 is 0 Å². The molecule has 106 valence electrons. The van der Waals surface area contributed by atoms with Gasteiger partial charge in [-0.1, -0.05) is 13.8 Å². The summed E-state index contributed by atoms with van der Waals surface area (Å²) in [6.45, 7) is 9.99. The molecule has 4 atom stereocenters. The number of likely N-dealkylation sites (tertiary alicyclic amines) is 1. The highest BCUT2D eigenvalue weighted by molar-refractivity contribution is 4.90. The molecule has 1 saturated heterocycles. The van der Waals surface area contributed by atoms with E-state index in [4.69, 9.17) is 5.73 Å². The fourth-order valence-electron chi connectivity index (χ4n) is 3.71. The molecule has 3 N–H and O–H groups in total. The lowest BCUT2D eigenvalue weighted by molar-refractivity contribution is 0.107. The van der Waals surface area contributed by atoms with Gasteiger partial charge in [0.05, 0.1) is 6.10 Å². The number of nitrogens with two attached hydrogens (primary N) is 1. The van der Waals surface area contributed by atoms with Gasteiger partial charge in [0, 0.05) is 19.1 Å². The highest BCUT2D eigenvalue weighted by Gasteiger charge is 2.35. The third-order valence-electron chi connectivity index (χ3n) is 5.06. The van der Waals surface area contributed by atoms with E-state index in [0.717, 1.165) is 26.1 Å². The monoisotopic (exact) mass is 254 g/mol. The van der Waals surface area contributed by atoms with Gasteiger partial charge in [-0.3, -0.25) is 0 Å². The molecule has 2 rings (SSSR count). The Bertz CT molecular complexity index is 278. The SMILES string of the molecule is CC(O)C1CCN(CC2CC(C)(C)CCC2N)C1. The normalized spacial score (nSPS) is 38.8. The summed E-state index contributed by atoms with van der Waals surface area (Å²) in [5.41, 5.74) is 6.76. The summed E-state index contributed by atoms with van der Waals surface area (Å²) in [6, 6.07) is 0.378. The van der Waals surface area contributed by atoms with Crippen LogP contribution in [-0.4, -0.2) is 41.8 Å². The molecule has 1 saturated carbocycles. The third kappa shape index (κ3) is 3.46. The predicted octanol–water partition coefficient (Wildman–Crippen LogP) is 1.84. The van der Waals surface area contributed by atoms with E-state index in [1.165, 1.54) is 19.3 Å². The molecule has 0 aromatic rings. The second-order valence-corrected chi connectivity index (χ2v) is 7.38. The van der Waals surface area contributed by atoms with E-state index in [-0.39, 0.29) is 6.10 Å². The molecule has 18 heavy (non-hydrogen) atoms. The number of nitrogens with zero attached hydrogens (tertiary/aromatic N) is 1. The second-order valence-electron chi connectivity index (χ2n) is 7.38. The largest absolute Gasteiger partial charge is 0.393 e. The first-order chi connectivity index (χ1) is 8.37. The van der Waals surface area contributed by atoms with Crippen LogP contribution in [0.15, 0.2) is 0 Å². The van der Waals surface area contributed by atoms with Crippen LogP contribution < -0.4 is 5.73 Å². The van der Waals surface area contributed by atoms with Crippen molar-refractivity contribution in [1.29, 1.82) is 0 Å². The molecule has 4 unspecified atom stereocenters. The maximum Gasteiger partial charge on any atom is 0.0552 e. The maximum absolute atomic E-state index is 9.66. The van der Waals surface area contributed by atoms with E-state index in [1.807, 2.05) is 6.92 Å². The van der Waals surface area contributed by atoms with Crippen molar-refractivity contribution in [3.05, 3.63) is 0 Å². The summed E-state index contributed by atoms with van der Waals surface area (Å²) in [4.78, 5) is 2.52. The molecule has 0 amide bonds. The zero-order valence-electron chi connectivity index (χ0n) is 12.2. The van der Waals surface area contributed by atoms with Crippen molar-refractivity contribution in [1.82, 2.24) is 4.90 Å². The van der Waals surface area contributed by atoms with Gasteiger partial charge < -0.3 is 15.7 Å². The van der Waals surface area contributed by atoms with E-state index in [2.05, 4.69) is 18.7 Å². The average molecular weight is 254 g/mol. The van der Waals surface area contributed by atoms with Crippen LogP contribution in [0.4, 0.5) is 0 Å². The van der Waals surface area contributed by atoms with Gasteiger partial charge in [0.1, 0.15) is 0 Å². The number of hydrogen-bond acceptors (Lipinski definition) is 3. The van der Waals surface area contributed by atoms with Crippen molar-refractivity contribution in [3.63, 3.8) is 0 Å². The van der Waals surface area contributed by atoms with E-state index in [9.17, 15) is 5.11 Å². The minimum atomic E-state index is -0.161. The molecule has 0 aromatic carbocycles. The molecule has 1 aliphatic carbocycles. The van der Waals surface area contributed by atoms with Crippen molar-refractivity contribution < 1.29 is 5.11 Å². The van der Waals surface area contributed by atoms with Crippen molar-refractivity contribution in [2.45, 2.75) is 58.6 Å². The molecule has 3 heteroatoms. The first kappa shape index (κ1) is 14.3. The van der Waals surface area contributed by atoms with Crippen LogP contribution in [0.3, 0.4) is 0 Å². The Kier molecular flexibility index (Phi) is 4.35. The minimum absolute atomic E-state index is 0.161. The number of aliphatic hydroxyl groups is 1. The van der Waals surface area contributed by atoms with Crippen LogP contribution in [0.1, 0.15) is 46.5 Å². The van der Waals surface area contributed by atoms with Gasteiger partial charge in [-0.15, -0.1) is 0 Å². The zero-order valence-corrected chi connectivity index (χ0v) is 12.2. The standard InChI is InChI=1S/C15H30N2O/c1-11(18)12-5-7-17(9-12)10-13-8-15(2,3)6-4-14(13)16/h11-14,18H,4-10,16H2,1-3H3. The molecule has 2 fully saturated rings. The van der Waals surface area contributed by atoms with Crippen LogP contribution >= 0.6 is 0 Å². The van der Waals surface area contributed by atoms with Crippen molar-refractivity contribution in [3.8, 4) is 0 Å². The Balaban J connectivity index is 1.85. The lowest BCUT2D eigenvalue weighted by Crippen LogP contribution is -2.44. The summed E-state index contributed by atoms with van der Waals surface area (Å²) in [5.74, 6) is 1.11. The molecule has 0 bridgehead atoms. The van der Waals surface area contributed by atoms with Crippen molar-refractivity contribution in [2.75, 3.05) is 19.6 Å². The van der Waals surface area contributed by atoms with E-state index in [1.54, 1.807) is 0 Å². The Morgan fingerprint density at radius 3 is 2.72 bits per heavy atom.